The van der Waals surface area contributed by atoms with Gasteiger partial charge in [0.2, 0.25) is 11.8 Å². The van der Waals surface area contributed by atoms with E-state index in [1.54, 1.807) is 0 Å². The number of thiol groups is 1. The van der Waals surface area contributed by atoms with Gasteiger partial charge < -0.3 is 10.6 Å². The van der Waals surface area contributed by atoms with Crippen molar-refractivity contribution < 1.29 is 14.4 Å². The predicted octanol–water partition coefficient (Wildman–Crippen LogP) is 4.94. The Labute approximate surface area is 221 Å². The Morgan fingerprint density at radius 2 is 1.44 bits per heavy atom. The molecular formula is C30H40N2O3S. The number of benzene rings is 2. The lowest BCUT2D eigenvalue weighted by Gasteiger charge is -2.27. The van der Waals surface area contributed by atoms with Crippen LogP contribution in [0, 0.1) is 11.8 Å². The van der Waals surface area contributed by atoms with E-state index in [-0.39, 0.29) is 23.4 Å². The van der Waals surface area contributed by atoms with Crippen LogP contribution in [0.1, 0.15) is 62.5 Å². The van der Waals surface area contributed by atoms with E-state index in [2.05, 4.69) is 35.4 Å². The molecule has 0 heterocycles. The van der Waals surface area contributed by atoms with Gasteiger partial charge in [-0.3, -0.25) is 14.4 Å². The average Bonchev–Trinajstić information content (AvgIpc) is 2.92. The molecule has 2 aromatic carbocycles. The van der Waals surface area contributed by atoms with E-state index >= 15 is 0 Å². The van der Waals surface area contributed by atoms with Gasteiger partial charge in [0, 0.05) is 6.54 Å². The molecule has 0 radical (unpaired) electrons. The third-order valence-electron chi connectivity index (χ3n) is 7.14. The summed E-state index contributed by atoms with van der Waals surface area (Å²) in [6.07, 6.45) is 9.06. The summed E-state index contributed by atoms with van der Waals surface area (Å²) in [5.74, 6) is -1.05. The number of hydrogen-bond donors (Lipinski definition) is 3. The Bertz CT molecular complexity index is 945. The van der Waals surface area contributed by atoms with Gasteiger partial charge in [-0.2, -0.15) is 12.6 Å². The summed E-state index contributed by atoms with van der Waals surface area (Å²) >= 11 is 4.15. The van der Waals surface area contributed by atoms with Gasteiger partial charge in [-0.1, -0.05) is 92.8 Å². The van der Waals surface area contributed by atoms with Crippen molar-refractivity contribution in [1.29, 1.82) is 0 Å². The molecular weight excluding hydrogens is 468 g/mol. The Kier molecular flexibility index (Phi) is 12.0. The molecule has 0 bridgehead atoms. The molecule has 0 aliphatic heterocycles. The number of carbonyl (C=O) groups is 3. The number of Topliss-reactive ketones (excluding diaryl/α,β-unsaturated/α-hetero) is 1. The van der Waals surface area contributed by atoms with Crippen molar-refractivity contribution >= 4 is 30.2 Å². The van der Waals surface area contributed by atoms with Crippen LogP contribution in [0.5, 0.6) is 0 Å². The molecule has 2 aromatic rings. The lowest BCUT2D eigenvalue weighted by atomic mass is 9.84. The molecule has 1 aliphatic rings. The highest BCUT2D eigenvalue weighted by Gasteiger charge is 2.31. The molecule has 6 heteroatoms. The van der Waals surface area contributed by atoms with Gasteiger partial charge in [0.15, 0.2) is 5.78 Å². The van der Waals surface area contributed by atoms with Crippen molar-refractivity contribution in [3.05, 3.63) is 71.8 Å². The van der Waals surface area contributed by atoms with Crippen LogP contribution in [0.25, 0.3) is 0 Å². The Hall–Kier alpha value is -2.60. The smallest absolute Gasteiger partial charge is 0.242 e. The van der Waals surface area contributed by atoms with Crippen molar-refractivity contribution in [2.45, 2.75) is 70.3 Å². The molecule has 0 spiro atoms. The number of hydrogen-bond acceptors (Lipinski definition) is 4. The first kappa shape index (κ1) is 28.0. The molecule has 1 aliphatic carbocycles. The molecule has 36 heavy (non-hydrogen) atoms. The van der Waals surface area contributed by atoms with Crippen molar-refractivity contribution in [3.63, 3.8) is 0 Å². The van der Waals surface area contributed by atoms with E-state index in [9.17, 15) is 14.4 Å². The summed E-state index contributed by atoms with van der Waals surface area (Å²) in [4.78, 5) is 39.1. The quantitative estimate of drug-likeness (QED) is 0.250. The number of aryl methyl sites for hydroxylation is 1. The fraction of sp³-hybridized carbons (Fsp3) is 0.500. The number of ketones is 1. The lowest BCUT2D eigenvalue weighted by molar-refractivity contribution is -0.136. The molecule has 0 saturated heterocycles. The van der Waals surface area contributed by atoms with Crippen LogP contribution in [-0.2, 0) is 27.2 Å². The summed E-state index contributed by atoms with van der Waals surface area (Å²) in [5, 5.41) is 5.99. The van der Waals surface area contributed by atoms with Crippen LogP contribution in [0.15, 0.2) is 60.7 Å². The van der Waals surface area contributed by atoms with Gasteiger partial charge >= 0.3 is 0 Å². The molecule has 1 fully saturated rings. The standard InChI is InChI=1S/C30H40N2O3S/c33-28(22-36)26(18-10-17-23-11-4-1-5-12-23)29(34)32-27(21-25-15-8-3-9-16-25)30(35)31-20-19-24-13-6-2-7-14-24/h1-2,4-7,11-14,25-27,36H,3,8-10,15-22H2,(H,31,35)(H,32,34)/t26?,27-/m0/s1. The highest BCUT2D eigenvalue weighted by atomic mass is 32.1. The number of nitrogens with one attached hydrogen (secondary N) is 2. The van der Waals surface area contributed by atoms with Crippen LogP contribution in [-0.4, -0.2) is 35.9 Å². The van der Waals surface area contributed by atoms with Crippen LogP contribution in [0.4, 0.5) is 0 Å². The van der Waals surface area contributed by atoms with Crippen molar-refractivity contribution in [2.75, 3.05) is 12.3 Å². The number of rotatable bonds is 14. The third-order valence-corrected chi connectivity index (χ3v) is 7.46. The van der Waals surface area contributed by atoms with Crippen molar-refractivity contribution in [3.8, 4) is 0 Å². The van der Waals surface area contributed by atoms with E-state index in [1.165, 1.54) is 24.8 Å². The molecule has 2 atom stereocenters. The molecule has 1 saturated carbocycles. The summed E-state index contributed by atoms with van der Waals surface area (Å²) < 4.78 is 0. The SMILES string of the molecule is O=C(CS)C(CCCc1ccccc1)C(=O)N[C@@H](CC1CCCCC1)C(=O)NCCc1ccccc1. The second kappa shape index (κ2) is 15.5. The minimum absolute atomic E-state index is 0.0139. The zero-order chi connectivity index (χ0) is 25.6. The summed E-state index contributed by atoms with van der Waals surface area (Å²) in [5.41, 5.74) is 2.34. The number of amides is 2. The molecule has 3 rings (SSSR count). The molecule has 1 unspecified atom stereocenters. The van der Waals surface area contributed by atoms with Crippen LogP contribution in [0.2, 0.25) is 0 Å². The third kappa shape index (κ3) is 9.45. The van der Waals surface area contributed by atoms with Gasteiger partial charge in [0.05, 0.1) is 11.7 Å². The average molecular weight is 509 g/mol. The van der Waals surface area contributed by atoms with E-state index in [1.807, 2.05) is 48.5 Å². The van der Waals surface area contributed by atoms with Gasteiger partial charge in [-0.15, -0.1) is 0 Å². The lowest BCUT2D eigenvalue weighted by Crippen LogP contribution is -2.50. The minimum atomic E-state index is -0.780. The van der Waals surface area contributed by atoms with Crippen LogP contribution >= 0.6 is 12.6 Å². The maximum Gasteiger partial charge on any atom is 0.242 e. The maximum atomic E-state index is 13.3. The summed E-state index contributed by atoms with van der Waals surface area (Å²) in [6.45, 7) is 0.510. The zero-order valence-corrected chi connectivity index (χ0v) is 22.1. The van der Waals surface area contributed by atoms with E-state index in [0.29, 0.717) is 25.3 Å². The number of carbonyl (C=O) groups excluding carboxylic acids is 3. The topological polar surface area (TPSA) is 75.3 Å². The van der Waals surface area contributed by atoms with Gasteiger partial charge in [0.1, 0.15) is 6.04 Å². The highest BCUT2D eigenvalue weighted by molar-refractivity contribution is 7.81. The molecule has 0 aromatic heterocycles. The van der Waals surface area contributed by atoms with Crippen molar-refractivity contribution in [1.82, 2.24) is 10.6 Å². The van der Waals surface area contributed by atoms with Gasteiger partial charge in [-0.05, 0) is 49.1 Å². The normalized spacial score (nSPS) is 15.6. The minimum Gasteiger partial charge on any atom is -0.354 e. The molecule has 5 nitrogen and oxygen atoms in total. The largest absolute Gasteiger partial charge is 0.354 e. The Balaban J connectivity index is 1.60. The first-order valence-corrected chi connectivity index (χ1v) is 14.0. The zero-order valence-electron chi connectivity index (χ0n) is 21.2. The second-order valence-electron chi connectivity index (χ2n) is 9.88. The maximum absolute atomic E-state index is 13.3. The van der Waals surface area contributed by atoms with Crippen LogP contribution in [0.3, 0.4) is 0 Å². The highest BCUT2D eigenvalue weighted by Crippen LogP contribution is 2.27. The molecule has 2 amide bonds. The fourth-order valence-electron chi connectivity index (χ4n) is 5.06. The van der Waals surface area contributed by atoms with Gasteiger partial charge in [0.25, 0.3) is 0 Å². The second-order valence-corrected chi connectivity index (χ2v) is 10.2. The monoisotopic (exact) mass is 508 g/mol. The Morgan fingerprint density at radius 1 is 0.833 bits per heavy atom. The fourth-order valence-corrected chi connectivity index (χ4v) is 5.28. The van der Waals surface area contributed by atoms with E-state index in [0.717, 1.165) is 37.7 Å². The summed E-state index contributed by atoms with van der Waals surface area (Å²) in [7, 11) is 0. The summed E-state index contributed by atoms with van der Waals surface area (Å²) in [6, 6.07) is 19.5. The first-order valence-electron chi connectivity index (χ1n) is 13.4. The first-order chi connectivity index (χ1) is 17.6. The van der Waals surface area contributed by atoms with Crippen LogP contribution < -0.4 is 10.6 Å². The van der Waals surface area contributed by atoms with E-state index < -0.39 is 12.0 Å². The van der Waals surface area contributed by atoms with Crippen molar-refractivity contribution in [2.24, 2.45) is 11.8 Å². The van der Waals surface area contributed by atoms with E-state index in [4.69, 9.17) is 0 Å². The Morgan fingerprint density at radius 3 is 2.06 bits per heavy atom. The predicted molar refractivity (Wildman–Crippen MR) is 148 cm³/mol. The van der Waals surface area contributed by atoms with Gasteiger partial charge in [-0.25, -0.2) is 0 Å². The molecule has 194 valence electrons. The molecule has 2 N–H and O–H groups in total.